The number of fused-ring (bicyclic) bond motifs is 1. The minimum Gasteiger partial charge on any atom is -0.496 e. The number of thiophene rings is 1. The summed E-state index contributed by atoms with van der Waals surface area (Å²) in [6, 6.07) is 8.03. The Kier molecular flexibility index (Phi) is 8.42. The van der Waals surface area contributed by atoms with Crippen LogP contribution in [0.15, 0.2) is 48.7 Å². The largest absolute Gasteiger partial charge is 0.496 e. The number of nitrogens with zero attached hydrogens (tertiary/aromatic N) is 2. The molecule has 16 heteroatoms. The Morgan fingerprint density at radius 1 is 1.00 bits per heavy atom. The average Bonchev–Trinajstić information content (AvgIpc) is 3.82. The first-order valence-corrected chi connectivity index (χ1v) is 17.0. The molecule has 47 heavy (non-hydrogen) atoms. The fourth-order valence-corrected chi connectivity index (χ4v) is 7.47. The zero-order chi connectivity index (χ0) is 33.7. The van der Waals surface area contributed by atoms with Gasteiger partial charge in [0.1, 0.15) is 16.4 Å². The summed E-state index contributed by atoms with van der Waals surface area (Å²) in [6.45, 7) is 0.00487. The minimum absolute atomic E-state index is 0.00244. The lowest BCUT2D eigenvalue weighted by Crippen LogP contribution is -2.43. The van der Waals surface area contributed by atoms with Gasteiger partial charge in [-0.05, 0) is 55.3 Å². The summed E-state index contributed by atoms with van der Waals surface area (Å²) >= 11 is 0.993. The number of ether oxygens (including phenoxy) is 1. The molecule has 3 amide bonds. The number of pyridine rings is 1. The number of anilines is 2. The maximum atomic E-state index is 13.9. The number of hydrogen-bond acceptors (Lipinski definition) is 8. The molecule has 1 saturated heterocycles. The number of alkyl halides is 3. The molecule has 0 radical (unpaired) electrons. The van der Waals surface area contributed by atoms with E-state index in [0.717, 1.165) is 35.9 Å². The second kappa shape index (κ2) is 12.2. The van der Waals surface area contributed by atoms with Crippen LogP contribution < -0.4 is 15.4 Å². The third-order valence-electron chi connectivity index (χ3n) is 7.89. The van der Waals surface area contributed by atoms with Crippen LogP contribution in [0, 0.1) is 5.82 Å². The van der Waals surface area contributed by atoms with Crippen molar-refractivity contribution in [3.63, 3.8) is 0 Å². The Morgan fingerprint density at radius 2 is 1.72 bits per heavy atom. The maximum absolute atomic E-state index is 13.9. The van der Waals surface area contributed by atoms with Crippen LogP contribution in [-0.2, 0) is 16.0 Å². The Balaban J connectivity index is 1.34. The van der Waals surface area contributed by atoms with Crippen LogP contribution >= 0.6 is 11.3 Å². The molecule has 10 nitrogen and oxygen atoms in total. The molecule has 3 heterocycles. The van der Waals surface area contributed by atoms with Gasteiger partial charge in [-0.3, -0.25) is 19.4 Å². The van der Waals surface area contributed by atoms with Gasteiger partial charge in [0.05, 0.1) is 35.4 Å². The molecule has 2 N–H and O–H groups in total. The number of nitrogens with one attached hydrogen (secondary N) is 2. The van der Waals surface area contributed by atoms with Crippen molar-refractivity contribution in [2.75, 3.05) is 42.3 Å². The smallest absolute Gasteiger partial charge is 0.419 e. The number of carbonyl (C=O) groups excluding carboxylic acids is 3. The van der Waals surface area contributed by atoms with Gasteiger partial charge in [-0.15, -0.1) is 11.3 Å². The molecule has 2 aromatic heterocycles. The van der Waals surface area contributed by atoms with E-state index < -0.39 is 45.1 Å². The van der Waals surface area contributed by atoms with E-state index in [1.807, 2.05) is 0 Å². The van der Waals surface area contributed by atoms with Crippen LogP contribution in [0.2, 0.25) is 0 Å². The van der Waals surface area contributed by atoms with Crippen LogP contribution in [0.5, 0.6) is 5.75 Å². The van der Waals surface area contributed by atoms with Crippen LogP contribution in [0.1, 0.15) is 60.4 Å². The van der Waals surface area contributed by atoms with Gasteiger partial charge in [0.25, 0.3) is 17.7 Å². The van der Waals surface area contributed by atoms with Crippen molar-refractivity contribution < 1.29 is 45.1 Å². The Labute approximate surface area is 269 Å². The Bertz CT molecular complexity index is 2030. The normalized spacial score (nSPS) is 16.1. The molecule has 0 bridgehead atoms. The van der Waals surface area contributed by atoms with E-state index in [-0.39, 0.29) is 63.6 Å². The van der Waals surface area contributed by atoms with Crippen molar-refractivity contribution in [1.29, 1.82) is 0 Å². The Hall–Kier alpha value is -4.57. The molecule has 0 atom stereocenters. The lowest BCUT2D eigenvalue weighted by molar-refractivity contribution is -0.139. The van der Waals surface area contributed by atoms with E-state index in [1.54, 1.807) is 6.07 Å². The first kappa shape index (κ1) is 32.4. The third-order valence-corrected chi connectivity index (χ3v) is 10.6. The van der Waals surface area contributed by atoms with Gasteiger partial charge in [0.2, 0.25) is 0 Å². The molecular formula is C31H26F4N4O6S2. The lowest BCUT2D eigenvalue weighted by Gasteiger charge is -2.27. The topological polar surface area (TPSA) is 135 Å². The molecule has 6 rings (SSSR count). The predicted octanol–water partition coefficient (Wildman–Crippen LogP) is 5.72. The fraction of sp³-hybridized carbons (Fsp3) is 0.290. The van der Waals surface area contributed by atoms with Gasteiger partial charge < -0.3 is 20.3 Å². The number of amides is 3. The molecule has 0 spiro atoms. The number of methoxy groups -OCH3 is 1. The number of aromatic nitrogens is 1. The van der Waals surface area contributed by atoms with Gasteiger partial charge in [0.15, 0.2) is 9.84 Å². The van der Waals surface area contributed by atoms with Gasteiger partial charge >= 0.3 is 6.18 Å². The molecule has 2 fully saturated rings. The number of carbonyl (C=O) groups is 3. The van der Waals surface area contributed by atoms with E-state index >= 15 is 0 Å². The molecule has 2 aliphatic rings. The highest BCUT2D eigenvalue weighted by Gasteiger charge is 2.35. The van der Waals surface area contributed by atoms with Crippen molar-refractivity contribution in [3.8, 4) is 5.75 Å². The minimum atomic E-state index is -4.99. The van der Waals surface area contributed by atoms with Gasteiger partial charge in [-0.2, -0.15) is 13.2 Å². The van der Waals surface area contributed by atoms with Gasteiger partial charge in [-0.1, -0.05) is 0 Å². The predicted molar refractivity (Wildman–Crippen MR) is 166 cm³/mol. The SMILES string of the molecule is COc1ccc(C(=O)N2CCS(=O)(=O)CC2)cc1C(=O)Nc1c(C(=O)Nc2ccc(F)c(C(F)(F)F)c2)sc2cc(C3CC3)ncc12. The summed E-state index contributed by atoms with van der Waals surface area (Å²) in [5.74, 6) is -3.58. The number of rotatable bonds is 7. The summed E-state index contributed by atoms with van der Waals surface area (Å²) < 4.78 is 83.4. The molecule has 246 valence electrons. The summed E-state index contributed by atoms with van der Waals surface area (Å²) in [5, 5.41) is 5.47. The van der Waals surface area contributed by atoms with Crippen molar-refractivity contribution in [2.24, 2.45) is 0 Å². The second-order valence-electron chi connectivity index (χ2n) is 11.1. The van der Waals surface area contributed by atoms with Crippen LogP contribution in [0.4, 0.5) is 28.9 Å². The van der Waals surface area contributed by atoms with Crippen molar-refractivity contribution in [1.82, 2.24) is 9.88 Å². The molecule has 0 unspecified atom stereocenters. The second-order valence-corrected chi connectivity index (χ2v) is 14.5. The third kappa shape index (κ3) is 6.79. The van der Waals surface area contributed by atoms with Crippen LogP contribution in [-0.4, -0.2) is 67.7 Å². The molecule has 1 saturated carbocycles. The summed E-state index contributed by atoms with van der Waals surface area (Å²) in [5.41, 5.74) is -0.990. The Morgan fingerprint density at radius 3 is 2.38 bits per heavy atom. The van der Waals surface area contributed by atoms with E-state index in [2.05, 4.69) is 15.6 Å². The summed E-state index contributed by atoms with van der Waals surface area (Å²) in [7, 11) is -1.92. The molecule has 2 aromatic carbocycles. The van der Waals surface area contributed by atoms with Crippen molar-refractivity contribution in [2.45, 2.75) is 24.9 Å². The van der Waals surface area contributed by atoms with E-state index in [4.69, 9.17) is 4.74 Å². The number of hydrogen-bond donors (Lipinski definition) is 2. The number of benzene rings is 2. The fourth-order valence-electron chi connectivity index (χ4n) is 5.20. The van der Waals surface area contributed by atoms with Gasteiger partial charge in [0, 0.05) is 52.2 Å². The maximum Gasteiger partial charge on any atom is 0.419 e. The molecular weight excluding hydrogens is 664 g/mol. The monoisotopic (exact) mass is 690 g/mol. The first-order chi connectivity index (χ1) is 22.2. The molecule has 1 aliphatic carbocycles. The van der Waals surface area contributed by atoms with E-state index in [0.29, 0.717) is 22.2 Å². The zero-order valence-electron chi connectivity index (χ0n) is 24.6. The van der Waals surface area contributed by atoms with Crippen molar-refractivity contribution >= 4 is 60.4 Å². The van der Waals surface area contributed by atoms with E-state index in [1.165, 1.54) is 36.4 Å². The van der Waals surface area contributed by atoms with E-state index in [9.17, 15) is 40.4 Å². The van der Waals surface area contributed by atoms with Gasteiger partial charge in [-0.25, -0.2) is 12.8 Å². The highest BCUT2D eigenvalue weighted by Crippen LogP contribution is 2.43. The lowest BCUT2D eigenvalue weighted by atomic mass is 10.1. The standard InChI is InChI=1S/C31H26F4N4O6S2/c1-45-24-7-4-17(30(42)39-8-10-47(43,44)11-9-39)12-19(24)28(40)38-26-20-15-36-23(16-2-3-16)14-25(20)46-27(26)29(41)37-18-5-6-22(32)21(13-18)31(33,34)35/h4-7,12-16H,2-3,8-11H2,1H3,(H,37,41)(H,38,40). The summed E-state index contributed by atoms with van der Waals surface area (Å²) in [6.07, 6.45) is -1.58. The molecule has 4 aromatic rings. The summed E-state index contributed by atoms with van der Waals surface area (Å²) in [4.78, 5) is 46.3. The highest BCUT2D eigenvalue weighted by molar-refractivity contribution is 7.91. The number of sulfone groups is 1. The number of halogens is 4. The highest BCUT2D eigenvalue weighted by atomic mass is 32.2. The zero-order valence-corrected chi connectivity index (χ0v) is 26.2. The van der Waals surface area contributed by atoms with Crippen LogP contribution in [0.3, 0.4) is 0 Å². The first-order valence-electron chi connectivity index (χ1n) is 14.3. The quantitative estimate of drug-likeness (QED) is 0.237. The van der Waals surface area contributed by atoms with Crippen molar-refractivity contribution in [3.05, 3.63) is 81.7 Å². The average molecular weight is 691 g/mol. The van der Waals surface area contributed by atoms with Crippen LogP contribution in [0.25, 0.3) is 10.1 Å². The molecule has 1 aliphatic heterocycles.